The molecule has 7 heteroatoms. The summed E-state index contributed by atoms with van der Waals surface area (Å²) < 4.78 is 0. The highest BCUT2D eigenvalue weighted by Gasteiger charge is 2.12. The first-order valence-corrected chi connectivity index (χ1v) is 7.73. The van der Waals surface area contributed by atoms with E-state index in [1.165, 1.54) is 6.08 Å². The van der Waals surface area contributed by atoms with E-state index in [1.807, 2.05) is 19.9 Å². The number of nitrogens with zero attached hydrogens (tertiary/aromatic N) is 2. The third-order valence-electron chi connectivity index (χ3n) is 2.99. The van der Waals surface area contributed by atoms with Crippen LogP contribution in [-0.4, -0.2) is 11.7 Å². The molecule has 0 heterocycles. The van der Waals surface area contributed by atoms with Gasteiger partial charge in [-0.05, 0) is 37.6 Å². The van der Waals surface area contributed by atoms with E-state index in [2.05, 4.69) is 16.8 Å². The minimum atomic E-state index is 0.0516. The molecule has 1 aromatic rings. The molecule has 1 aromatic carbocycles. The van der Waals surface area contributed by atoms with Crippen molar-refractivity contribution in [3.05, 3.63) is 68.7 Å². The van der Waals surface area contributed by atoms with E-state index in [1.54, 1.807) is 18.2 Å². The summed E-state index contributed by atoms with van der Waals surface area (Å²) in [6, 6.07) is 5.02. The lowest BCUT2D eigenvalue weighted by Crippen LogP contribution is -2.18. The van der Waals surface area contributed by atoms with Gasteiger partial charge in [-0.25, -0.2) is 0 Å². The summed E-state index contributed by atoms with van der Waals surface area (Å²) in [5.74, 6) is 0.160. The first-order valence-electron chi connectivity index (χ1n) is 6.60. The highest BCUT2D eigenvalue weighted by Crippen LogP contribution is 2.24. The molecule has 0 bridgehead atoms. The predicted molar refractivity (Wildman–Crippen MR) is 101 cm³/mol. The lowest BCUT2D eigenvalue weighted by atomic mass is 10.1. The van der Waals surface area contributed by atoms with Gasteiger partial charge < -0.3 is 11.5 Å². The fourth-order valence-electron chi connectivity index (χ4n) is 1.71. The molecule has 4 nitrogen and oxygen atoms in total. The molecule has 0 aliphatic rings. The molecule has 0 fully saturated rings. The number of halogens is 3. The van der Waals surface area contributed by atoms with Crippen LogP contribution in [0.25, 0.3) is 0 Å². The van der Waals surface area contributed by atoms with E-state index in [0.717, 1.165) is 5.57 Å². The summed E-state index contributed by atoms with van der Waals surface area (Å²) in [6.45, 7) is 7.33. The summed E-state index contributed by atoms with van der Waals surface area (Å²) in [5.41, 5.74) is 13.6. The SMILES string of the molecule is C=C/C(Cl)=C(C(\C)=C/C)/C(N)=N/N=C(\N)c1c(Cl)cccc1Cl. The molecule has 0 aliphatic carbocycles. The van der Waals surface area contributed by atoms with Crippen molar-refractivity contribution < 1.29 is 0 Å². The van der Waals surface area contributed by atoms with Crippen LogP contribution >= 0.6 is 34.8 Å². The Labute approximate surface area is 150 Å². The van der Waals surface area contributed by atoms with Crippen LogP contribution in [0.2, 0.25) is 10.0 Å². The van der Waals surface area contributed by atoms with Crippen molar-refractivity contribution in [3.63, 3.8) is 0 Å². The van der Waals surface area contributed by atoms with Crippen molar-refractivity contribution in [3.8, 4) is 0 Å². The Morgan fingerprint density at radius 1 is 1.17 bits per heavy atom. The second-order valence-electron chi connectivity index (χ2n) is 4.47. The Bertz CT molecular complexity index is 711. The Hall–Kier alpha value is -1.75. The average molecular weight is 372 g/mol. The van der Waals surface area contributed by atoms with Gasteiger partial charge in [0, 0.05) is 5.57 Å². The zero-order chi connectivity index (χ0) is 17.6. The molecule has 0 amide bonds. The largest absolute Gasteiger partial charge is 0.382 e. The van der Waals surface area contributed by atoms with Crippen molar-refractivity contribution in [2.45, 2.75) is 13.8 Å². The van der Waals surface area contributed by atoms with Crippen LogP contribution in [0.1, 0.15) is 19.4 Å². The van der Waals surface area contributed by atoms with Crippen LogP contribution in [0.15, 0.2) is 63.3 Å². The number of benzene rings is 1. The Morgan fingerprint density at radius 3 is 2.22 bits per heavy atom. The summed E-state index contributed by atoms with van der Waals surface area (Å²) in [7, 11) is 0. The first-order chi connectivity index (χ1) is 10.8. The van der Waals surface area contributed by atoms with Gasteiger partial charge in [-0.15, -0.1) is 10.2 Å². The highest BCUT2D eigenvalue weighted by molar-refractivity contribution is 6.40. The fraction of sp³-hybridized carbons (Fsp3) is 0.125. The molecule has 0 atom stereocenters. The van der Waals surface area contributed by atoms with Gasteiger partial charge in [0.25, 0.3) is 0 Å². The maximum Gasteiger partial charge on any atom is 0.156 e. The number of amidine groups is 2. The third-order valence-corrected chi connectivity index (χ3v) is 3.96. The van der Waals surface area contributed by atoms with Crippen LogP contribution in [0.5, 0.6) is 0 Å². The minimum absolute atomic E-state index is 0.0516. The van der Waals surface area contributed by atoms with Crippen molar-refractivity contribution >= 4 is 46.5 Å². The molecule has 0 radical (unpaired) electrons. The Morgan fingerprint density at radius 2 is 1.74 bits per heavy atom. The Kier molecular flexibility index (Phi) is 7.36. The van der Waals surface area contributed by atoms with E-state index < -0.39 is 0 Å². The molecule has 1 rings (SSSR count). The van der Waals surface area contributed by atoms with Crippen molar-refractivity contribution in [2.75, 3.05) is 0 Å². The lowest BCUT2D eigenvalue weighted by Gasteiger charge is -2.08. The average Bonchev–Trinajstić information content (AvgIpc) is 2.52. The van der Waals surface area contributed by atoms with Gasteiger partial charge in [-0.2, -0.15) is 0 Å². The summed E-state index contributed by atoms with van der Waals surface area (Å²) in [5, 5.41) is 8.95. The molecule has 0 aromatic heterocycles. The van der Waals surface area contributed by atoms with E-state index in [9.17, 15) is 0 Å². The quantitative estimate of drug-likeness (QED) is 0.343. The van der Waals surface area contributed by atoms with Crippen molar-refractivity contribution in [1.82, 2.24) is 0 Å². The molecule has 0 saturated carbocycles. The van der Waals surface area contributed by atoms with Crippen molar-refractivity contribution in [2.24, 2.45) is 21.7 Å². The first kappa shape index (κ1) is 19.3. The van der Waals surface area contributed by atoms with Gasteiger partial charge in [-0.1, -0.05) is 53.5 Å². The fourth-order valence-corrected chi connectivity index (χ4v) is 2.55. The minimum Gasteiger partial charge on any atom is -0.382 e. The molecular formula is C16H17Cl3N4. The van der Waals surface area contributed by atoms with Crippen LogP contribution in [0.3, 0.4) is 0 Å². The maximum atomic E-state index is 6.12. The number of hydrogen-bond acceptors (Lipinski definition) is 2. The van der Waals surface area contributed by atoms with E-state index >= 15 is 0 Å². The van der Waals surface area contributed by atoms with Crippen LogP contribution in [-0.2, 0) is 0 Å². The zero-order valence-electron chi connectivity index (χ0n) is 12.8. The van der Waals surface area contributed by atoms with Gasteiger partial charge in [0.05, 0.1) is 20.6 Å². The van der Waals surface area contributed by atoms with Crippen LogP contribution in [0, 0.1) is 0 Å². The highest BCUT2D eigenvalue weighted by atomic mass is 35.5. The van der Waals surface area contributed by atoms with Crippen LogP contribution in [0.4, 0.5) is 0 Å². The molecule has 0 saturated heterocycles. The van der Waals surface area contributed by atoms with Gasteiger partial charge in [0.15, 0.2) is 11.7 Å². The molecule has 0 spiro atoms. The number of allylic oxidation sites excluding steroid dienone is 3. The molecule has 0 aliphatic heterocycles. The van der Waals surface area contributed by atoms with Crippen LogP contribution < -0.4 is 11.5 Å². The number of rotatable bonds is 5. The number of hydrogen-bond donors (Lipinski definition) is 2. The number of nitrogens with two attached hydrogens (primary N) is 2. The van der Waals surface area contributed by atoms with Gasteiger partial charge in [0.1, 0.15) is 0 Å². The van der Waals surface area contributed by atoms with E-state index in [0.29, 0.717) is 26.2 Å². The van der Waals surface area contributed by atoms with Crippen molar-refractivity contribution in [1.29, 1.82) is 0 Å². The molecular weight excluding hydrogens is 355 g/mol. The maximum absolute atomic E-state index is 6.12. The molecule has 0 unspecified atom stereocenters. The topological polar surface area (TPSA) is 76.8 Å². The summed E-state index contributed by atoms with van der Waals surface area (Å²) >= 11 is 18.3. The monoisotopic (exact) mass is 370 g/mol. The van der Waals surface area contributed by atoms with E-state index in [4.69, 9.17) is 46.3 Å². The zero-order valence-corrected chi connectivity index (χ0v) is 15.0. The van der Waals surface area contributed by atoms with Gasteiger partial charge in [-0.3, -0.25) is 0 Å². The predicted octanol–water partition coefficient (Wildman–Crippen LogP) is 4.62. The van der Waals surface area contributed by atoms with Gasteiger partial charge in [0.2, 0.25) is 0 Å². The normalized spacial score (nSPS) is 14.6. The smallest absolute Gasteiger partial charge is 0.156 e. The molecule has 23 heavy (non-hydrogen) atoms. The second-order valence-corrected chi connectivity index (χ2v) is 5.69. The molecule has 122 valence electrons. The second kappa shape index (κ2) is 8.77. The van der Waals surface area contributed by atoms with Gasteiger partial charge >= 0.3 is 0 Å². The lowest BCUT2D eigenvalue weighted by molar-refractivity contribution is 1.19. The Balaban J connectivity index is 3.32. The standard InChI is InChI=1S/C16H17Cl3N4/c1-4-9(3)13(10(17)5-2)15(20)22-23-16(21)14-11(18)7-6-8-12(14)19/h4-8H,2H2,1,3H3,(H2,20,22)(H2,21,23)/b9-4-,13-10-. The van der Waals surface area contributed by atoms with E-state index in [-0.39, 0.29) is 11.7 Å². The molecule has 4 N–H and O–H groups in total. The third kappa shape index (κ3) is 4.86. The summed E-state index contributed by atoms with van der Waals surface area (Å²) in [4.78, 5) is 0. The summed E-state index contributed by atoms with van der Waals surface area (Å²) in [6.07, 6.45) is 3.33.